The molecule has 0 fully saturated rings. The number of pyridine rings is 1. The maximum atomic E-state index is 13.0. The molecule has 0 radical (unpaired) electrons. The zero-order valence-electron chi connectivity index (χ0n) is 13.6. The second kappa shape index (κ2) is 9.82. The van der Waals surface area contributed by atoms with Crippen LogP contribution in [0.25, 0.3) is 0 Å². The summed E-state index contributed by atoms with van der Waals surface area (Å²) >= 11 is 0. The van der Waals surface area contributed by atoms with Gasteiger partial charge in [-0.15, -0.1) is 0 Å². The molecule has 5 heteroatoms. The van der Waals surface area contributed by atoms with Crippen molar-refractivity contribution in [1.82, 2.24) is 15.2 Å². The van der Waals surface area contributed by atoms with Crippen molar-refractivity contribution in [2.75, 3.05) is 40.4 Å². The number of halogens is 1. The monoisotopic (exact) mass is 297 g/mol. The first-order valence-corrected chi connectivity index (χ1v) is 7.60. The summed E-state index contributed by atoms with van der Waals surface area (Å²) in [4.78, 5) is 6.49. The van der Waals surface area contributed by atoms with E-state index >= 15 is 0 Å². The van der Waals surface area contributed by atoms with Crippen molar-refractivity contribution in [3.8, 4) is 0 Å². The Morgan fingerprint density at radius 2 is 2.19 bits per heavy atom. The number of rotatable bonds is 10. The van der Waals surface area contributed by atoms with E-state index < -0.39 is 0 Å². The van der Waals surface area contributed by atoms with Crippen LogP contribution in [0.1, 0.15) is 32.0 Å². The zero-order chi connectivity index (χ0) is 15.7. The van der Waals surface area contributed by atoms with E-state index in [1.165, 1.54) is 12.3 Å². The van der Waals surface area contributed by atoms with Gasteiger partial charge in [-0.05, 0) is 38.1 Å². The number of likely N-dealkylation sites (N-methyl/N-ethyl adjacent to an activating group) is 1. The number of ether oxygens (including phenoxy) is 1. The van der Waals surface area contributed by atoms with Crippen LogP contribution in [0.3, 0.4) is 0 Å². The largest absolute Gasteiger partial charge is 0.383 e. The average Bonchev–Trinajstić information content (AvgIpc) is 2.47. The van der Waals surface area contributed by atoms with Crippen LogP contribution < -0.4 is 5.32 Å². The molecule has 0 aromatic carbocycles. The van der Waals surface area contributed by atoms with Gasteiger partial charge in [-0.3, -0.25) is 4.98 Å². The Hall–Kier alpha value is -1.04. The molecule has 2 atom stereocenters. The predicted octanol–water partition coefficient (Wildman–Crippen LogP) is 2.48. The van der Waals surface area contributed by atoms with Gasteiger partial charge in [0.1, 0.15) is 5.82 Å². The molecule has 0 aliphatic carbocycles. The van der Waals surface area contributed by atoms with Crippen molar-refractivity contribution in [3.05, 3.63) is 29.8 Å². The lowest BCUT2D eigenvalue weighted by atomic mass is 9.97. The van der Waals surface area contributed by atoms with E-state index in [1.54, 1.807) is 13.2 Å². The molecule has 0 amide bonds. The highest BCUT2D eigenvalue weighted by atomic mass is 19.1. The Kier molecular flexibility index (Phi) is 8.42. The number of hydrogen-bond acceptors (Lipinski definition) is 4. The number of nitrogens with zero attached hydrogens (tertiary/aromatic N) is 2. The molecule has 21 heavy (non-hydrogen) atoms. The van der Waals surface area contributed by atoms with Crippen LogP contribution in [0.15, 0.2) is 18.3 Å². The van der Waals surface area contributed by atoms with Gasteiger partial charge in [0.15, 0.2) is 0 Å². The van der Waals surface area contributed by atoms with Gasteiger partial charge in [-0.2, -0.15) is 0 Å². The highest BCUT2D eigenvalue weighted by Crippen LogP contribution is 2.21. The Labute approximate surface area is 127 Å². The van der Waals surface area contributed by atoms with Crippen molar-refractivity contribution in [2.45, 2.75) is 26.3 Å². The summed E-state index contributed by atoms with van der Waals surface area (Å²) in [5.41, 5.74) is 0.900. The summed E-state index contributed by atoms with van der Waals surface area (Å²) in [7, 11) is 3.80. The lowest BCUT2D eigenvalue weighted by Crippen LogP contribution is -2.36. The highest BCUT2D eigenvalue weighted by Gasteiger charge is 2.21. The van der Waals surface area contributed by atoms with E-state index in [0.29, 0.717) is 5.92 Å². The fourth-order valence-corrected chi connectivity index (χ4v) is 2.40. The first-order chi connectivity index (χ1) is 10.1. The SMILES string of the molecule is CCCNC(c1ccc(F)cn1)C(C)CN(C)CCOC. The molecular formula is C16H28FN3O. The van der Waals surface area contributed by atoms with Crippen molar-refractivity contribution >= 4 is 0 Å². The molecule has 4 nitrogen and oxygen atoms in total. The van der Waals surface area contributed by atoms with Crippen LogP contribution in [-0.4, -0.2) is 50.3 Å². The Morgan fingerprint density at radius 1 is 1.43 bits per heavy atom. The van der Waals surface area contributed by atoms with Crippen LogP contribution in [0.5, 0.6) is 0 Å². The van der Waals surface area contributed by atoms with Crippen molar-refractivity contribution in [2.24, 2.45) is 5.92 Å². The van der Waals surface area contributed by atoms with Crippen molar-refractivity contribution < 1.29 is 9.13 Å². The standard InChI is InChI=1S/C16H28FN3O/c1-5-8-18-16(15-7-6-14(17)11-19-15)13(2)12-20(3)9-10-21-4/h6-7,11,13,16,18H,5,8-10,12H2,1-4H3. The zero-order valence-corrected chi connectivity index (χ0v) is 13.6. The van der Waals surface area contributed by atoms with E-state index in [9.17, 15) is 4.39 Å². The third-order valence-electron chi connectivity index (χ3n) is 3.53. The second-order valence-corrected chi connectivity index (χ2v) is 5.57. The lowest BCUT2D eigenvalue weighted by Gasteiger charge is -2.28. The van der Waals surface area contributed by atoms with Crippen LogP contribution in [-0.2, 0) is 4.74 Å². The van der Waals surface area contributed by atoms with Gasteiger partial charge < -0.3 is 15.0 Å². The fraction of sp³-hybridized carbons (Fsp3) is 0.688. The number of nitrogens with one attached hydrogen (secondary N) is 1. The third-order valence-corrected chi connectivity index (χ3v) is 3.53. The molecule has 1 rings (SSSR count). The number of methoxy groups -OCH3 is 1. The van der Waals surface area contributed by atoms with Gasteiger partial charge in [0.05, 0.1) is 24.5 Å². The Bertz CT molecular complexity index is 386. The number of aromatic nitrogens is 1. The molecular weight excluding hydrogens is 269 g/mol. The van der Waals surface area contributed by atoms with Crippen molar-refractivity contribution in [3.63, 3.8) is 0 Å². The normalized spacial score (nSPS) is 14.4. The Balaban J connectivity index is 2.69. The molecule has 0 saturated carbocycles. The van der Waals surface area contributed by atoms with Gasteiger partial charge in [-0.1, -0.05) is 13.8 Å². The van der Waals surface area contributed by atoms with E-state index in [2.05, 4.69) is 36.1 Å². The van der Waals surface area contributed by atoms with Crippen molar-refractivity contribution in [1.29, 1.82) is 0 Å². The summed E-state index contributed by atoms with van der Waals surface area (Å²) in [6, 6.07) is 3.38. The Morgan fingerprint density at radius 3 is 2.76 bits per heavy atom. The van der Waals surface area contributed by atoms with E-state index in [4.69, 9.17) is 4.74 Å². The highest BCUT2D eigenvalue weighted by molar-refractivity contribution is 5.11. The molecule has 1 aromatic heterocycles. The van der Waals surface area contributed by atoms with Gasteiger partial charge in [0.25, 0.3) is 0 Å². The molecule has 1 N–H and O–H groups in total. The topological polar surface area (TPSA) is 37.4 Å². The van der Waals surface area contributed by atoms with Gasteiger partial charge in [-0.25, -0.2) is 4.39 Å². The first-order valence-electron chi connectivity index (χ1n) is 7.60. The molecule has 1 heterocycles. The summed E-state index contributed by atoms with van der Waals surface area (Å²) < 4.78 is 18.2. The van der Waals surface area contributed by atoms with E-state index in [0.717, 1.165) is 38.4 Å². The second-order valence-electron chi connectivity index (χ2n) is 5.57. The summed E-state index contributed by atoms with van der Waals surface area (Å²) in [6.45, 7) is 7.82. The molecule has 1 aromatic rings. The quantitative estimate of drug-likeness (QED) is 0.720. The van der Waals surface area contributed by atoms with Gasteiger partial charge >= 0.3 is 0 Å². The molecule has 0 aliphatic rings. The fourth-order valence-electron chi connectivity index (χ4n) is 2.40. The minimum absolute atomic E-state index is 0.135. The van der Waals surface area contributed by atoms with Gasteiger partial charge in [0.2, 0.25) is 0 Å². The van der Waals surface area contributed by atoms with Crippen LogP contribution >= 0.6 is 0 Å². The third kappa shape index (κ3) is 6.50. The first kappa shape index (κ1) is 18.0. The van der Waals surface area contributed by atoms with E-state index in [1.807, 2.05) is 0 Å². The predicted molar refractivity (Wildman–Crippen MR) is 83.8 cm³/mol. The molecule has 120 valence electrons. The molecule has 2 unspecified atom stereocenters. The maximum absolute atomic E-state index is 13.0. The number of hydrogen-bond donors (Lipinski definition) is 1. The summed E-state index contributed by atoms with van der Waals surface area (Å²) in [6.07, 6.45) is 2.35. The van der Waals surface area contributed by atoms with E-state index in [-0.39, 0.29) is 11.9 Å². The van der Waals surface area contributed by atoms with Crippen LogP contribution in [0.2, 0.25) is 0 Å². The van der Waals surface area contributed by atoms with Gasteiger partial charge in [0, 0.05) is 20.2 Å². The molecule has 0 bridgehead atoms. The van der Waals surface area contributed by atoms with Crippen LogP contribution in [0, 0.1) is 11.7 Å². The average molecular weight is 297 g/mol. The minimum atomic E-state index is -0.294. The molecule has 0 spiro atoms. The molecule has 0 saturated heterocycles. The minimum Gasteiger partial charge on any atom is -0.383 e. The smallest absolute Gasteiger partial charge is 0.141 e. The maximum Gasteiger partial charge on any atom is 0.141 e. The lowest BCUT2D eigenvalue weighted by molar-refractivity contribution is 0.148. The molecule has 0 aliphatic heterocycles. The van der Waals surface area contributed by atoms with Crippen LogP contribution in [0.4, 0.5) is 4.39 Å². The summed E-state index contributed by atoms with van der Waals surface area (Å²) in [5, 5.41) is 3.52. The summed E-state index contributed by atoms with van der Waals surface area (Å²) in [5.74, 6) is 0.0780.